The molecule has 0 heterocycles. The summed E-state index contributed by atoms with van der Waals surface area (Å²) in [5.41, 5.74) is 2.50. The third-order valence-corrected chi connectivity index (χ3v) is 6.15. The Labute approximate surface area is 213 Å². The summed E-state index contributed by atoms with van der Waals surface area (Å²) in [5, 5.41) is 0. The molecule has 0 radical (unpaired) electrons. The molecule has 0 amide bonds. The lowest BCUT2D eigenvalue weighted by Crippen LogP contribution is -2.13. The first-order chi connectivity index (χ1) is 17.8. The Morgan fingerprint density at radius 1 is 0.838 bits per heavy atom. The smallest absolute Gasteiger partial charge is 0.416 e. The lowest BCUT2D eigenvalue weighted by atomic mass is 9.99. The molecule has 0 saturated heterocycles. The Hall–Kier alpha value is -3.93. The summed E-state index contributed by atoms with van der Waals surface area (Å²) in [6.45, 7) is 2.09. The van der Waals surface area contributed by atoms with Crippen molar-refractivity contribution in [2.45, 2.75) is 38.5 Å². The fourth-order valence-electron chi connectivity index (χ4n) is 4.09. The highest BCUT2D eigenvalue weighted by molar-refractivity contribution is 5.90. The fourth-order valence-corrected chi connectivity index (χ4v) is 4.09. The van der Waals surface area contributed by atoms with Gasteiger partial charge in [0, 0.05) is 5.56 Å². The summed E-state index contributed by atoms with van der Waals surface area (Å²) < 4.78 is 59.5. The number of hydrogen-bond donors (Lipinski definition) is 0. The van der Waals surface area contributed by atoms with Crippen molar-refractivity contribution >= 4 is 5.97 Å². The molecule has 0 unspecified atom stereocenters. The summed E-state index contributed by atoms with van der Waals surface area (Å²) in [4.78, 5) is 13.0. The molecule has 2 nitrogen and oxygen atoms in total. The van der Waals surface area contributed by atoms with Gasteiger partial charge in [-0.2, -0.15) is 13.2 Å². The number of rotatable bonds is 8. The van der Waals surface area contributed by atoms with E-state index in [1.165, 1.54) is 12.1 Å². The topological polar surface area (TPSA) is 26.3 Å². The number of hydrogen-bond acceptors (Lipinski definition) is 2. The second-order valence-electron chi connectivity index (χ2n) is 8.81. The number of unbranched alkanes of at least 4 members (excludes halogenated alkanes) is 1. The summed E-state index contributed by atoms with van der Waals surface area (Å²) in [6.07, 6.45) is -2.52. The van der Waals surface area contributed by atoms with Gasteiger partial charge in [0.2, 0.25) is 0 Å². The van der Waals surface area contributed by atoms with Crippen molar-refractivity contribution < 1.29 is 27.1 Å². The lowest BCUT2D eigenvalue weighted by molar-refractivity contribution is -0.137. The average molecular weight is 507 g/mol. The summed E-state index contributed by atoms with van der Waals surface area (Å²) in [5.74, 6) is -0.967. The molecular weight excluding hydrogens is 480 g/mol. The minimum absolute atomic E-state index is 0.247. The van der Waals surface area contributed by atoms with Gasteiger partial charge in [0.1, 0.15) is 5.82 Å². The maximum Gasteiger partial charge on any atom is 0.416 e. The van der Waals surface area contributed by atoms with Crippen LogP contribution in [0.4, 0.5) is 17.6 Å². The Bertz CT molecular complexity index is 1330. The van der Waals surface area contributed by atoms with Crippen molar-refractivity contribution in [3.05, 3.63) is 131 Å². The first-order valence-corrected chi connectivity index (χ1v) is 12.1. The third-order valence-electron chi connectivity index (χ3n) is 6.15. The van der Waals surface area contributed by atoms with E-state index in [-0.39, 0.29) is 11.4 Å². The Morgan fingerprint density at radius 3 is 2.08 bits per heavy atom. The molecule has 0 N–H and O–H groups in total. The fraction of sp³-hybridized carbons (Fsp3) is 0.194. The number of esters is 1. The molecule has 4 aromatic rings. The standard InChI is InChI=1S/C31H26F4O2/c1-2-3-7-21-10-19-27(28(32)20-21)22-11-13-25(14-12-22)30(36)37-29(23-8-5-4-6-9-23)24-15-17-26(18-16-24)31(33,34)35/h4-6,8-20,29H,2-3,7H2,1H3/t29-/m1/s1. The van der Waals surface area contributed by atoms with Crippen LogP contribution in [0.5, 0.6) is 0 Å². The predicted octanol–water partition coefficient (Wildman–Crippen LogP) is 8.80. The third kappa shape index (κ3) is 6.45. The summed E-state index contributed by atoms with van der Waals surface area (Å²) in [7, 11) is 0. The minimum atomic E-state index is -4.46. The molecule has 1 atom stereocenters. The quantitative estimate of drug-likeness (QED) is 0.176. The first-order valence-electron chi connectivity index (χ1n) is 12.1. The van der Waals surface area contributed by atoms with Gasteiger partial charge >= 0.3 is 12.1 Å². The van der Waals surface area contributed by atoms with Crippen LogP contribution in [-0.4, -0.2) is 5.97 Å². The van der Waals surface area contributed by atoms with Gasteiger partial charge in [-0.25, -0.2) is 9.18 Å². The monoisotopic (exact) mass is 506 g/mol. The molecule has 0 fully saturated rings. The van der Waals surface area contributed by atoms with E-state index in [9.17, 15) is 22.4 Å². The average Bonchev–Trinajstić information content (AvgIpc) is 2.91. The van der Waals surface area contributed by atoms with Crippen molar-refractivity contribution in [3.8, 4) is 11.1 Å². The molecule has 37 heavy (non-hydrogen) atoms. The zero-order valence-electron chi connectivity index (χ0n) is 20.3. The molecule has 0 bridgehead atoms. The van der Waals surface area contributed by atoms with Crippen molar-refractivity contribution in [1.82, 2.24) is 0 Å². The van der Waals surface area contributed by atoms with Crippen molar-refractivity contribution in [2.75, 3.05) is 0 Å². The van der Waals surface area contributed by atoms with Gasteiger partial charge in [0.05, 0.1) is 11.1 Å². The zero-order chi connectivity index (χ0) is 26.4. The van der Waals surface area contributed by atoms with Crippen LogP contribution in [0.3, 0.4) is 0 Å². The van der Waals surface area contributed by atoms with Gasteiger partial charge in [-0.3, -0.25) is 0 Å². The van der Waals surface area contributed by atoms with E-state index in [0.717, 1.165) is 37.0 Å². The maximum absolute atomic E-state index is 14.7. The Kier molecular flexibility index (Phi) is 8.07. The zero-order valence-corrected chi connectivity index (χ0v) is 20.3. The van der Waals surface area contributed by atoms with Crippen LogP contribution in [0, 0.1) is 5.82 Å². The molecule has 0 aliphatic heterocycles. The molecule has 0 aromatic heterocycles. The molecule has 6 heteroatoms. The van der Waals surface area contributed by atoms with Crippen LogP contribution in [0.25, 0.3) is 11.1 Å². The molecule has 190 valence electrons. The maximum atomic E-state index is 14.7. The van der Waals surface area contributed by atoms with E-state index in [2.05, 4.69) is 6.92 Å². The number of ether oxygens (including phenoxy) is 1. The van der Waals surface area contributed by atoms with Crippen LogP contribution in [0.1, 0.15) is 58.5 Å². The summed E-state index contributed by atoms with van der Waals surface area (Å²) >= 11 is 0. The number of carbonyl (C=O) groups excluding carboxylic acids is 1. The Morgan fingerprint density at radius 2 is 1.49 bits per heavy atom. The van der Waals surface area contributed by atoms with E-state index in [4.69, 9.17) is 4.74 Å². The van der Waals surface area contributed by atoms with E-state index in [1.807, 2.05) is 6.07 Å². The molecule has 0 aliphatic carbocycles. The van der Waals surface area contributed by atoms with Gasteiger partial charge in [-0.05, 0) is 65.4 Å². The largest absolute Gasteiger partial charge is 0.449 e. The van der Waals surface area contributed by atoms with Crippen LogP contribution in [0.15, 0.2) is 97.1 Å². The highest BCUT2D eigenvalue weighted by atomic mass is 19.4. The second-order valence-corrected chi connectivity index (χ2v) is 8.81. The number of alkyl halides is 3. The van der Waals surface area contributed by atoms with Crippen molar-refractivity contribution in [3.63, 3.8) is 0 Å². The number of benzene rings is 4. The van der Waals surface area contributed by atoms with Crippen molar-refractivity contribution in [2.24, 2.45) is 0 Å². The van der Waals surface area contributed by atoms with E-state index in [0.29, 0.717) is 22.3 Å². The number of aryl methyl sites for hydroxylation is 1. The minimum Gasteiger partial charge on any atom is -0.449 e. The van der Waals surface area contributed by atoms with E-state index < -0.39 is 23.8 Å². The summed E-state index contributed by atoms with van der Waals surface area (Å²) in [6, 6.07) is 24.9. The van der Waals surface area contributed by atoms with Gasteiger partial charge < -0.3 is 4.74 Å². The predicted molar refractivity (Wildman–Crippen MR) is 136 cm³/mol. The molecule has 4 aromatic carbocycles. The molecule has 0 aliphatic rings. The van der Waals surface area contributed by atoms with Crippen LogP contribution in [0.2, 0.25) is 0 Å². The van der Waals surface area contributed by atoms with Gasteiger partial charge in [0.25, 0.3) is 0 Å². The highest BCUT2D eigenvalue weighted by Gasteiger charge is 2.30. The SMILES string of the molecule is CCCCc1ccc(-c2ccc(C(=O)O[C@H](c3ccccc3)c3ccc(C(F)(F)F)cc3)cc2)c(F)c1. The Balaban J connectivity index is 1.55. The first kappa shape index (κ1) is 26.1. The molecule has 4 rings (SSSR count). The molecule has 0 spiro atoms. The van der Waals surface area contributed by atoms with Crippen LogP contribution < -0.4 is 0 Å². The van der Waals surface area contributed by atoms with Gasteiger partial charge in [-0.1, -0.05) is 80.1 Å². The van der Waals surface area contributed by atoms with Crippen LogP contribution in [-0.2, 0) is 17.3 Å². The second kappa shape index (κ2) is 11.4. The van der Waals surface area contributed by atoms with Crippen LogP contribution >= 0.6 is 0 Å². The normalized spacial score (nSPS) is 12.2. The van der Waals surface area contributed by atoms with Gasteiger partial charge in [0.15, 0.2) is 6.10 Å². The lowest BCUT2D eigenvalue weighted by Gasteiger charge is -2.20. The van der Waals surface area contributed by atoms with E-state index in [1.54, 1.807) is 66.7 Å². The highest BCUT2D eigenvalue weighted by Crippen LogP contribution is 2.33. The van der Waals surface area contributed by atoms with Crippen molar-refractivity contribution in [1.29, 1.82) is 0 Å². The number of halogens is 4. The van der Waals surface area contributed by atoms with E-state index >= 15 is 0 Å². The molecular formula is C31H26F4O2. The molecule has 0 saturated carbocycles. The number of carbonyl (C=O) groups is 1. The van der Waals surface area contributed by atoms with Gasteiger partial charge in [-0.15, -0.1) is 0 Å².